The fourth-order valence-electron chi connectivity index (χ4n) is 0.637. The van der Waals surface area contributed by atoms with Crippen LogP contribution in [0.25, 0.3) is 0 Å². The van der Waals surface area contributed by atoms with Crippen LogP contribution in [0.3, 0.4) is 0 Å². The summed E-state index contributed by atoms with van der Waals surface area (Å²) < 4.78 is 4.63. The Morgan fingerprint density at radius 3 is 2.40 bits per heavy atom. The molecule has 0 amide bonds. The molecular weight excluding hydrogens is 136 g/mol. The Morgan fingerprint density at radius 1 is 1.40 bits per heavy atom. The topological polar surface area (TPSA) is 63.6 Å². The highest BCUT2D eigenvalue weighted by Gasteiger charge is 2.20. The van der Waals surface area contributed by atoms with Gasteiger partial charge >= 0.3 is 0 Å². The Labute approximate surface area is 56.4 Å². The van der Waals surface area contributed by atoms with Crippen LogP contribution < -0.4 is 15.6 Å². The van der Waals surface area contributed by atoms with Gasteiger partial charge in [-0.15, -0.1) is 0 Å². The first kappa shape index (κ1) is 6.80. The van der Waals surface area contributed by atoms with E-state index >= 15 is 0 Å². The van der Waals surface area contributed by atoms with Gasteiger partial charge in [0.15, 0.2) is 0 Å². The van der Waals surface area contributed by atoms with Crippen LogP contribution in [0, 0.1) is 0 Å². The maximum Gasteiger partial charge on any atom is 0.275 e. The van der Waals surface area contributed by atoms with Crippen molar-refractivity contribution in [2.24, 2.45) is 0 Å². The van der Waals surface area contributed by atoms with Gasteiger partial charge in [0.05, 0.1) is 6.61 Å². The van der Waals surface area contributed by atoms with E-state index in [2.05, 4.69) is 4.74 Å². The van der Waals surface area contributed by atoms with Crippen LogP contribution in [0.5, 0.6) is 11.5 Å². The lowest BCUT2D eigenvalue weighted by molar-refractivity contribution is 0.305. The van der Waals surface area contributed by atoms with E-state index in [1.165, 1.54) is 0 Å². The van der Waals surface area contributed by atoms with Gasteiger partial charge in [0.1, 0.15) is 0 Å². The molecule has 0 atom stereocenters. The smallest absolute Gasteiger partial charge is 0.275 e. The second-order valence-electron chi connectivity index (χ2n) is 1.77. The summed E-state index contributed by atoms with van der Waals surface area (Å²) in [5.74, 6) is -0.751. The lowest BCUT2D eigenvalue weighted by atomic mass is 10.2. The van der Waals surface area contributed by atoms with Crippen LogP contribution in [0.2, 0.25) is 0 Å². The van der Waals surface area contributed by atoms with Crippen molar-refractivity contribution in [3.05, 3.63) is 20.4 Å². The summed E-state index contributed by atoms with van der Waals surface area (Å²) in [6, 6.07) is 0. The van der Waals surface area contributed by atoms with Gasteiger partial charge in [0.2, 0.25) is 11.5 Å². The highest BCUT2D eigenvalue weighted by molar-refractivity contribution is 5.44. The molecule has 1 aromatic carbocycles. The second kappa shape index (κ2) is 2.13. The van der Waals surface area contributed by atoms with Crippen molar-refractivity contribution in [1.82, 2.24) is 0 Å². The van der Waals surface area contributed by atoms with E-state index in [1.54, 1.807) is 6.92 Å². The summed E-state index contributed by atoms with van der Waals surface area (Å²) in [4.78, 5) is 20.8. The van der Waals surface area contributed by atoms with Gasteiger partial charge in [-0.3, -0.25) is 9.59 Å². The first-order valence-electron chi connectivity index (χ1n) is 2.83. The van der Waals surface area contributed by atoms with Gasteiger partial charge in [-0.1, -0.05) is 0 Å². The van der Waals surface area contributed by atoms with Crippen LogP contribution in [-0.4, -0.2) is 11.7 Å². The lowest BCUT2D eigenvalue weighted by Crippen LogP contribution is -2.31. The molecule has 0 radical (unpaired) electrons. The van der Waals surface area contributed by atoms with Crippen molar-refractivity contribution in [2.45, 2.75) is 6.92 Å². The van der Waals surface area contributed by atoms with E-state index < -0.39 is 16.6 Å². The molecule has 4 heteroatoms. The third kappa shape index (κ3) is 0.689. The number of aromatic hydroxyl groups is 1. The highest BCUT2D eigenvalue weighted by atomic mass is 16.5. The molecule has 0 aliphatic heterocycles. The maximum absolute atomic E-state index is 10.5. The van der Waals surface area contributed by atoms with Crippen molar-refractivity contribution in [2.75, 3.05) is 6.61 Å². The molecule has 4 nitrogen and oxygen atoms in total. The van der Waals surface area contributed by atoms with Gasteiger partial charge in [0, 0.05) is 0 Å². The van der Waals surface area contributed by atoms with Crippen LogP contribution in [0.1, 0.15) is 6.92 Å². The number of rotatable bonds is 2. The predicted octanol–water partition coefficient (Wildman–Crippen LogP) is -0.613. The van der Waals surface area contributed by atoms with Gasteiger partial charge < -0.3 is 9.84 Å². The van der Waals surface area contributed by atoms with Crippen molar-refractivity contribution >= 4 is 0 Å². The number of ether oxygens (including phenoxy) is 1. The molecule has 0 heterocycles. The molecule has 0 unspecified atom stereocenters. The molecule has 0 bridgehead atoms. The van der Waals surface area contributed by atoms with Gasteiger partial charge in [-0.05, 0) is 6.92 Å². The fraction of sp³-hybridized carbons (Fsp3) is 0.333. The molecule has 54 valence electrons. The normalized spacial score (nSPS) is 10.1. The van der Waals surface area contributed by atoms with E-state index in [0.717, 1.165) is 0 Å². The molecule has 0 aliphatic rings. The minimum Gasteiger partial charge on any atom is -0.501 e. The first-order valence-corrected chi connectivity index (χ1v) is 2.83. The van der Waals surface area contributed by atoms with E-state index in [0.29, 0.717) is 0 Å². The third-order valence-electron chi connectivity index (χ3n) is 1.13. The molecule has 0 spiro atoms. The Hall–Kier alpha value is -1.32. The Bertz CT molecular complexity index is 305. The zero-order valence-corrected chi connectivity index (χ0v) is 5.38. The monoisotopic (exact) mass is 142 g/mol. The average Bonchev–Trinajstić information content (AvgIpc) is 1.98. The summed E-state index contributed by atoms with van der Waals surface area (Å²) in [5.41, 5.74) is -1.59. The molecular formula is C6H6O4. The number of hydrogen-bond acceptors (Lipinski definition) is 4. The molecule has 0 fully saturated rings. The van der Waals surface area contributed by atoms with Crippen LogP contribution in [-0.2, 0) is 0 Å². The molecule has 0 saturated heterocycles. The molecule has 1 rings (SSSR count). The van der Waals surface area contributed by atoms with E-state index in [4.69, 9.17) is 5.11 Å². The van der Waals surface area contributed by atoms with Crippen molar-refractivity contribution in [3.63, 3.8) is 0 Å². The largest absolute Gasteiger partial charge is 0.501 e. The zero-order valence-electron chi connectivity index (χ0n) is 5.38. The van der Waals surface area contributed by atoms with Crippen molar-refractivity contribution < 1.29 is 9.84 Å². The second-order valence-corrected chi connectivity index (χ2v) is 1.77. The Morgan fingerprint density at radius 2 is 2.00 bits per heavy atom. The third-order valence-corrected chi connectivity index (χ3v) is 1.13. The highest BCUT2D eigenvalue weighted by Crippen LogP contribution is 2.16. The minimum atomic E-state index is -0.858. The Balaban J connectivity index is 2.99. The lowest BCUT2D eigenvalue weighted by Gasteiger charge is -2.03. The summed E-state index contributed by atoms with van der Waals surface area (Å²) in [7, 11) is 0. The molecule has 1 aromatic rings. The average molecular weight is 142 g/mol. The zero-order chi connectivity index (χ0) is 7.72. The maximum atomic E-state index is 10.5. The predicted molar refractivity (Wildman–Crippen MR) is 34.2 cm³/mol. The van der Waals surface area contributed by atoms with Crippen LogP contribution >= 0.6 is 0 Å². The van der Waals surface area contributed by atoms with Gasteiger partial charge in [-0.2, -0.15) is 0 Å². The van der Waals surface area contributed by atoms with E-state index in [1.807, 2.05) is 0 Å². The van der Waals surface area contributed by atoms with Crippen LogP contribution in [0.4, 0.5) is 0 Å². The van der Waals surface area contributed by atoms with Crippen LogP contribution in [0.15, 0.2) is 9.59 Å². The summed E-state index contributed by atoms with van der Waals surface area (Å²) in [6.45, 7) is 1.94. The summed E-state index contributed by atoms with van der Waals surface area (Å²) >= 11 is 0. The first-order chi connectivity index (χ1) is 4.68. The standard InChI is InChI=1S/C6H6O4/c1-2-10-6-4(8)3(7)5(6)9/h8H,2H2,1H3. The molecule has 0 aliphatic carbocycles. The van der Waals surface area contributed by atoms with E-state index in [-0.39, 0.29) is 12.4 Å². The van der Waals surface area contributed by atoms with E-state index in [9.17, 15) is 9.59 Å². The molecule has 1 N–H and O–H groups in total. The quantitative estimate of drug-likeness (QED) is 0.559. The van der Waals surface area contributed by atoms with Gasteiger partial charge in [0.25, 0.3) is 10.9 Å². The SMILES string of the molecule is CCOc1c(O)c(=O)c1=O. The fourth-order valence-corrected chi connectivity index (χ4v) is 0.637. The van der Waals surface area contributed by atoms with Crippen molar-refractivity contribution in [3.8, 4) is 11.5 Å². The number of hydrogen-bond donors (Lipinski definition) is 1. The summed E-state index contributed by atoms with van der Waals surface area (Å²) in [6.07, 6.45) is 0. The van der Waals surface area contributed by atoms with Crippen molar-refractivity contribution in [1.29, 1.82) is 0 Å². The minimum absolute atomic E-state index is 0.201. The molecule has 10 heavy (non-hydrogen) atoms. The summed E-state index contributed by atoms with van der Waals surface area (Å²) in [5, 5.41) is 8.66. The van der Waals surface area contributed by atoms with Gasteiger partial charge in [-0.25, -0.2) is 0 Å². The Kier molecular flexibility index (Phi) is 1.45. The molecule has 0 saturated carbocycles. The molecule has 0 aromatic heterocycles.